The Bertz CT molecular complexity index is 367. The number of likely N-dealkylation sites (N-methyl/N-ethyl adjacent to an activating group) is 1. The van der Waals surface area contributed by atoms with Gasteiger partial charge in [0.25, 0.3) is 0 Å². The molecule has 102 valence electrons. The van der Waals surface area contributed by atoms with E-state index in [1.54, 1.807) is 0 Å². The summed E-state index contributed by atoms with van der Waals surface area (Å²) < 4.78 is 0. The first-order valence-corrected chi connectivity index (χ1v) is 6.56. The molecule has 1 aliphatic carbocycles. The molecule has 1 amide bonds. The normalized spacial score (nSPS) is 34.3. The van der Waals surface area contributed by atoms with E-state index in [-0.39, 0.29) is 11.8 Å². The maximum absolute atomic E-state index is 12.0. The molecule has 18 heavy (non-hydrogen) atoms. The quantitative estimate of drug-likeness (QED) is 0.769. The van der Waals surface area contributed by atoms with Gasteiger partial charge in [-0.05, 0) is 31.8 Å². The minimum absolute atomic E-state index is 0.104. The Morgan fingerprint density at radius 3 is 2.50 bits per heavy atom. The monoisotopic (exact) mass is 254 g/mol. The van der Waals surface area contributed by atoms with E-state index >= 15 is 0 Å². The van der Waals surface area contributed by atoms with Crippen LogP contribution in [0.4, 0.5) is 0 Å². The molecule has 2 rings (SSSR count). The van der Waals surface area contributed by atoms with Crippen molar-refractivity contribution >= 4 is 11.9 Å². The first-order chi connectivity index (χ1) is 8.35. The Kier molecular flexibility index (Phi) is 3.36. The van der Waals surface area contributed by atoms with Crippen molar-refractivity contribution in [1.82, 2.24) is 10.2 Å². The Balaban J connectivity index is 1.84. The molecule has 0 aromatic carbocycles. The van der Waals surface area contributed by atoms with Gasteiger partial charge in [0.2, 0.25) is 5.91 Å². The van der Waals surface area contributed by atoms with Crippen molar-refractivity contribution in [3.05, 3.63) is 0 Å². The Morgan fingerprint density at radius 2 is 2.06 bits per heavy atom. The molecule has 1 unspecified atom stereocenters. The summed E-state index contributed by atoms with van der Waals surface area (Å²) in [5, 5.41) is 12.0. The second-order valence-corrected chi connectivity index (χ2v) is 6.14. The van der Waals surface area contributed by atoms with Crippen molar-refractivity contribution in [2.24, 2.45) is 17.3 Å². The smallest absolute Gasteiger partial charge is 0.307 e. The molecule has 0 bridgehead atoms. The third-order valence-electron chi connectivity index (χ3n) is 4.56. The predicted octanol–water partition coefficient (Wildman–Crippen LogP) is 0.554. The maximum Gasteiger partial charge on any atom is 0.307 e. The van der Waals surface area contributed by atoms with Crippen molar-refractivity contribution in [3.8, 4) is 0 Å². The molecular formula is C13H22N2O3. The van der Waals surface area contributed by atoms with E-state index in [0.29, 0.717) is 12.6 Å². The molecule has 5 nitrogen and oxygen atoms in total. The highest BCUT2D eigenvalue weighted by molar-refractivity contribution is 5.91. The zero-order valence-electron chi connectivity index (χ0n) is 11.3. The van der Waals surface area contributed by atoms with Gasteiger partial charge < -0.3 is 15.3 Å². The summed E-state index contributed by atoms with van der Waals surface area (Å²) in [6.07, 6.45) is 2.27. The van der Waals surface area contributed by atoms with Crippen LogP contribution in [0.3, 0.4) is 0 Å². The van der Waals surface area contributed by atoms with Crippen LogP contribution in [-0.4, -0.2) is 48.1 Å². The third-order valence-corrected chi connectivity index (χ3v) is 4.56. The molecular weight excluding hydrogens is 232 g/mol. The van der Waals surface area contributed by atoms with Gasteiger partial charge in [0.05, 0.1) is 11.8 Å². The van der Waals surface area contributed by atoms with E-state index in [0.717, 1.165) is 13.0 Å². The lowest BCUT2D eigenvalue weighted by atomic mass is 10.1. The number of hydrogen-bond donors (Lipinski definition) is 2. The molecule has 0 spiro atoms. The molecule has 1 heterocycles. The van der Waals surface area contributed by atoms with Gasteiger partial charge in [-0.2, -0.15) is 0 Å². The molecule has 3 atom stereocenters. The fraction of sp³-hybridized carbons (Fsp3) is 0.846. The van der Waals surface area contributed by atoms with E-state index in [1.165, 1.54) is 6.42 Å². The number of rotatable bonds is 4. The standard InChI is InChI=1S/C13H22N2O3/c1-13(2)9(10(13)12(17)18)11(16)14-7-8-5-4-6-15(8)3/h8-10H,4-7H2,1-3H3,(H,14,16)(H,17,18)/t8?,9-,10+/m1/s1. The van der Waals surface area contributed by atoms with Gasteiger partial charge in [-0.1, -0.05) is 13.8 Å². The average Bonchev–Trinajstić information content (AvgIpc) is 2.62. The number of nitrogens with zero attached hydrogens (tertiary/aromatic N) is 1. The largest absolute Gasteiger partial charge is 0.481 e. The van der Waals surface area contributed by atoms with Crippen molar-refractivity contribution < 1.29 is 14.7 Å². The summed E-state index contributed by atoms with van der Waals surface area (Å²) in [5.74, 6) is -1.87. The SMILES string of the molecule is CN1CCCC1CNC(=O)[C@H]1[C@@H](C(=O)O)C1(C)C. The van der Waals surface area contributed by atoms with Gasteiger partial charge in [0, 0.05) is 12.6 Å². The fourth-order valence-corrected chi connectivity index (χ4v) is 3.15. The number of likely N-dealkylation sites (tertiary alicyclic amines) is 1. The molecule has 1 aliphatic heterocycles. The molecule has 0 aromatic heterocycles. The summed E-state index contributed by atoms with van der Waals surface area (Å²) in [6.45, 7) is 5.40. The van der Waals surface area contributed by atoms with Crippen molar-refractivity contribution in [2.45, 2.75) is 32.7 Å². The first-order valence-electron chi connectivity index (χ1n) is 6.56. The summed E-state index contributed by atoms with van der Waals surface area (Å²) in [4.78, 5) is 25.3. The minimum Gasteiger partial charge on any atom is -0.481 e. The molecule has 2 aliphatic rings. The predicted molar refractivity (Wildman–Crippen MR) is 67.1 cm³/mol. The second-order valence-electron chi connectivity index (χ2n) is 6.14. The highest BCUT2D eigenvalue weighted by Gasteiger charge is 2.65. The Morgan fingerprint density at radius 1 is 1.39 bits per heavy atom. The molecule has 0 radical (unpaired) electrons. The van der Waals surface area contributed by atoms with Crippen molar-refractivity contribution in [2.75, 3.05) is 20.1 Å². The van der Waals surface area contributed by atoms with E-state index in [2.05, 4.69) is 17.3 Å². The zero-order valence-corrected chi connectivity index (χ0v) is 11.3. The van der Waals surface area contributed by atoms with Crippen LogP contribution in [0.15, 0.2) is 0 Å². The lowest BCUT2D eigenvalue weighted by Crippen LogP contribution is -2.39. The lowest BCUT2D eigenvalue weighted by Gasteiger charge is -2.19. The van der Waals surface area contributed by atoms with Crippen LogP contribution in [0, 0.1) is 17.3 Å². The van der Waals surface area contributed by atoms with Crippen LogP contribution in [0.2, 0.25) is 0 Å². The van der Waals surface area contributed by atoms with Gasteiger partial charge in [0.1, 0.15) is 0 Å². The highest BCUT2D eigenvalue weighted by atomic mass is 16.4. The number of aliphatic carboxylic acids is 1. The highest BCUT2D eigenvalue weighted by Crippen LogP contribution is 2.58. The Hall–Kier alpha value is -1.10. The van der Waals surface area contributed by atoms with Crippen LogP contribution < -0.4 is 5.32 Å². The number of carbonyl (C=O) groups excluding carboxylic acids is 1. The van der Waals surface area contributed by atoms with Gasteiger partial charge in [-0.15, -0.1) is 0 Å². The second kappa shape index (κ2) is 4.53. The Labute approximate surface area is 108 Å². The van der Waals surface area contributed by atoms with Crippen LogP contribution in [-0.2, 0) is 9.59 Å². The number of carbonyl (C=O) groups is 2. The molecule has 2 N–H and O–H groups in total. The minimum atomic E-state index is -0.863. The lowest BCUT2D eigenvalue weighted by molar-refractivity contribution is -0.140. The summed E-state index contributed by atoms with van der Waals surface area (Å²) in [7, 11) is 2.06. The number of carboxylic acid groups (broad SMARTS) is 1. The van der Waals surface area contributed by atoms with Crippen molar-refractivity contribution in [1.29, 1.82) is 0 Å². The number of nitrogens with one attached hydrogen (secondary N) is 1. The van der Waals surface area contributed by atoms with Gasteiger partial charge >= 0.3 is 5.97 Å². The third kappa shape index (κ3) is 2.23. The molecule has 0 aromatic rings. The summed E-state index contributed by atoms with van der Waals surface area (Å²) in [6, 6.07) is 0.402. The first kappa shape index (κ1) is 13.3. The van der Waals surface area contributed by atoms with Crippen molar-refractivity contribution in [3.63, 3.8) is 0 Å². The molecule has 1 saturated carbocycles. The average molecular weight is 254 g/mol. The van der Waals surface area contributed by atoms with Gasteiger partial charge in [0.15, 0.2) is 0 Å². The van der Waals surface area contributed by atoms with E-state index in [1.807, 2.05) is 13.8 Å². The van der Waals surface area contributed by atoms with Gasteiger partial charge in [-0.25, -0.2) is 0 Å². The van der Waals surface area contributed by atoms with Crippen LogP contribution in [0.1, 0.15) is 26.7 Å². The van der Waals surface area contributed by atoms with E-state index in [4.69, 9.17) is 5.11 Å². The maximum atomic E-state index is 12.0. The van der Waals surface area contributed by atoms with E-state index < -0.39 is 17.3 Å². The fourth-order valence-electron chi connectivity index (χ4n) is 3.15. The van der Waals surface area contributed by atoms with Crippen LogP contribution in [0.25, 0.3) is 0 Å². The number of hydrogen-bond acceptors (Lipinski definition) is 3. The van der Waals surface area contributed by atoms with E-state index in [9.17, 15) is 9.59 Å². The number of carboxylic acids is 1. The molecule has 2 fully saturated rings. The van der Waals surface area contributed by atoms with Crippen LogP contribution >= 0.6 is 0 Å². The van der Waals surface area contributed by atoms with Crippen LogP contribution in [0.5, 0.6) is 0 Å². The molecule has 5 heteroatoms. The number of amides is 1. The van der Waals surface area contributed by atoms with Gasteiger partial charge in [-0.3, -0.25) is 9.59 Å². The zero-order chi connectivity index (χ0) is 13.5. The summed E-state index contributed by atoms with van der Waals surface area (Å²) in [5.41, 5.74) is -0.405. The molecule has 1 saturated heterocycles. The topological polar surface area (TPSA) is 69.6 Å². The summed E-state index contributed by atoms with van der Waals surface area (Å²) >= 11 is 0.